The molecule has 0 bridgehead atoms. The third kappa shape index (κ3) is 6.27. The highest BCUT2D eigenvalue weighted by Gasteiger charge is 2.24. The second kappa shape index (κ2) is 10.0. The summed E-state index contributed by atoms with van der Waals surface area (Å²) >= 11 is 3.12. The zero-order chi connectivity index (χ0) is 22.5. The van der Waals surface area contributed by atoms with E-state index in [2.05, 4.69) is 0 Å². The maximum absolute atomic E-state index is 10.5. The standard InChI is InChI=1S/C7H3IN2O6.C7H4INO4/c8-6-4(9(13)14)1-3(7(11)12)2-5(6)10(15)16;8-6-3-4(9(12)13)1-2-5(6)7(10)11/h1-2H,(H,11,12);1-3H,(H,10,11)/p-2. The summed E-state index contributed by atoms with van der Waals surface area (Å²) in [6, 6.07) is 4.93. The van der Waals surface area contributed by atoms with Crippen molar-refractivity contribution in [3.05, 3.63) is 78.9 Å². The van der Waals surface area contributed by atoms with Crippen molar-refractivity contribution in [3.63, 3.8) is 0 Å². The molecule has 0 aliphatic heterocycles. The van der Waals surface area contributed by atoms with Crippen LogP contribution in [0.3, 0.4) is 0 Å². The number of carbonyl (C=O) groups excluding carboxylic acids is 2. The topological polar surface area (TPSA) is 210 Å². The van der Waals surface area contributed by atoms with Gasteiger partial charge in [0, 0.05) is 39.0 Å². The summed E-state index contributed by atoms with van der Waals surface area (Å²) in [4.78, 5) is 49.9. The fourth-order valence-electron chi connectivity index (χ4n) is 1.76. The van der Waals surface area contributed by atoms with Crippen LogP contribution in [0, 0.1) is 37.5 Å². The SMILES string of the molecule is O=C([O-])c1cc([N+](=O)[O-])c(I)c([N+](=O)[O-])c1.O=C([O-])c1ccc([N+](=O)[O-])cc1I. The molecule has 13 nitrogen and oxygen atoms in total. The molecule has 0 atom stereocenters. The highest BCUT2D eigenvalue weighted by molar-refractivity contribution is 14.1. The number of hydrogen-bond acceptors (Lipinski definition) is 10. The molecular weight excluding hydrogens is 624 g/mol. The lowest BCUT2D eigenvalue weighted by Crippen LogP contribution is -2.23. The number of nitro benzene ring substituents is 3. The van der Waals surface area contributed by atoms with Crippen LogP contribution in [-0.4, -0.2) is 26.7 Å². The van der Waals surface area contributed by atoms with E-state index in [1.165, 1.54) is 28.7 Å². The van der Waals surface area contributed by atoms with E-state index < -0.39 is 43.6 Å². The van der Waals surface area contributed by atoms with Crippen LogP contribution in [-0.2, 0) is 0 Å². The Kier molecular flexibility index (Phi) is 8.30. The van der Waals surface area contributed by atoms with Crippen LogP contribution in [0.25, 0.3) is 0 Å². The molecule has 0 heterocycles. The van der Waals surface area contributed by atoms with E-state index >= 15 is 0 Å². The molecule has 0 spiro atoms. The molecule has 29 heavy (non-hydrogen) atoms. The van der Waals surface area contributed by atoms with Crippen LogP contribution >= 0.6 is 45.2 Å². The summed E-state index contributed by atoms with van der Waals surface area (Å²) in [6.07, 6.45) is 0. The van der Waals surface area contributed by atoms with Gasteiger partial charge in [-0.15, -0.1) is 0 Å². The minimum atomic E-state index is -1.71. The van der Waals surface area contributed by atoms with Gasteiger partial charge in [-0.05, 0) is 51.2 Å². The smallest absolute Gasteiger partial charge is 0.290 e. The number of halogens is 2. The fourth-order valence-corrected chi connectivity index (χ4v) is 3.19. The van der Waals surface area contributed by atoms with E-state index in [4.69, 9.17) is 0 Å². The molecule has 0 aromatic heterocycles. The summed E-state index contributed by atoms with van der Waals surface area (Å²) in [5.41, 5.74) is -2.03. The number of nitro groups is 3. The fraction of sp³-hybridized carbons (Fsp3) is 0. The number of carbonyl (C=O) groups is 2. The van der Waals surface area contributed by atoms with E-state index in [0.717, 1.165) is 24.3 Å². The molecule has 0 N–H and O–H groups in total. The van der Waals surface area contributed by atoms with Crippen LogP contribution in [0.5, 0.6) is 0 Å². The lowest BCUT2D eigenvalue weighted by atomic mass is 10.2. The summed E-state index contributed by atoms with van der Waals surface area (Å²) in [6.45, 7) is 0. The minimum Gasteiger partial charge on any atom is -0.545 e. The molecule has 0 unspecified atom stereocenters. The molecule has 15 heteroatoms. The number of carboxylic acid groups (broad SMARTS) is 2. The second-order valence-electron chi connectivity index (χ2n) is 4.84. The van der Waals surface area contributed by atoms with Gasteiger partial charge in [-0.2, -0.15) is 0 Å². The van der Waals surface area contributed by atoms with Crippen LogP contribution < -0.4 is 10.2 Å². The monoisotopic (exact) mass is 629 g/mol. The van der Waals surface area contributed by atoms with Crippen LogP contribution in [0.4, 0.5) is 17.1 Å². The molecule has 2 rings (SSSR count). The minimum absolute atomic E-state index is 0.0359. The number of nitrogens with zero attached hydrogens (tertiary/aromatic N) is 3. The van der Waals surface area contributed by atoms with Crippen LogP contribution in [0.2, 0.25) is 0 Å². The quantitative estimate of drug-likeness (QED) is 0.261. The van der Waals surface area contributed by atoms with E-state index in [9.17, 15) is 50.1 Å². The highest BCUT2D eigenvalue weighted by atomic mass is 127. The van der Waals surface area contributed by atoms with Crippen molar-refractivity contribution in [1.29, 1.82) is 0 Å². The van der Waals surface area contributed by atoms with E-state index in [1.807, 2.05) is 0 Å². The highest BCUT2D eigenvalue weighted by Crippen LogP contribution is 2.31. The van der Waals surface area contributed by atoms with Gasteiger partial charge in [-0.25, -0.2) is 0 Å². The Morgan fingerprint density at radius 3 is 1.55 bits per heavy atom. The molecular formula is C14H5I2N3O10-2. The van der Waals surface area contributed by atoms with E-state index in [-0.39, 0.29) is 14.8 Å². The maximum Gasteiger partial charge on any atom is 0.290 e. The third-order valence-electron chi connectivity index (χ3n) is 3.05. The number of rotatable bonds is 5. The van der Waals surface area contributed by atoms with Crippen molar-refractivity contribution in [1.82, 2.24) is 0 Å². The summed E-state index contributed by atoms with van der Waals surface area (Å²) in [5.74, 6) is -3.04. The zero-order valence-electron chi connectivity index (χ0n) is 13.6. The molecule has 2 aromatic carbocycles. The first-order valence-corrected chi connectivity index (χ1v) is 9.01. The Morgan fingerprint density at radius 2 is 1.24 bits per heavy atom. The van der Waals surface area contributed by atoms with Crippen molar-refractivity contribution in [3.8, 4) is 0 Å². The number of non-ortho nitro benzene ring substituents is 1. The maximum atomic E-state index is 10.5. The van der Waals surface area contributed by atoms with Crippen molar-refractivity contribution in [2.24, 2.45) is 0 Å². The predicted octanol–water partition coefficient (Wildman–Crippen LogP) is 1.03. The molecule has 0 amide bonds. The zero-order valence-corrected chi connectivity index (χ0v) is 17.9. The summed E-state index contributed by atoms with van der Waals surface area (Å²) < 4.78 is 0.0735. The van der Waals surface area contributed by atoms with Crippen molar-refractivity contribution in [2.45, 2.75) is 0 Å². The van der Waals surface area contributed by atoms with Gasteiger partial charge in [0.15, 0.2) is 3.57 Å². The van der Waals surface area contributed by atoms with Crippen molar-refractivity contribution < 1.29 is 34.6 Å². The Bertz CT molecular complexity index is 1010. The largest absolute Gasteiger partial charge is 0.545 e. The number of benzene rings is 2. The lowest BCUT2D eigenvalue weighted by Gasteiger charge is -2.03. The number of aromatic carboxylic acids is 2. The van der Waals surface area contributed by atoms with Gasteiger partial charge in [-0.3, -0.25) is 30.3 Å². The van der Waals surface area contributed by atoms with Crippen LogP contribution in [0.1, 0.15) is 20.7 Å². The molecule has 0 saturated carbocycles. The Labute approximate surface area is 187 Å². The molecule has 0 fully saturated rings. The average Bonchev–Trinajstić information content (AvgIpc) is 2.61. The predicted molar refractivity (Wildman–Crippen MR) is 107 cm³/mol. The van der Waals surface area contributed by atoms with Gasteiger partial charge in [0.25, 0.3) is 17.1 Å². The van der Waals surface area contributed by atoms with Crippen LogP contribution in [0.15, 0.2) is 30.3 Å². The summed E-state index contributed by atoms with van der Waals surface area (Å²) in [7, 11) is 0. The molecule has 0 aliphatic rings. The van der Waals surface area contributed by atoms with E-state index in [1.54, 1.807) is 22.6 Å². The molecule has 2 aromatic rings. The Balaban J connectivity index is 0.000000296. The van der Waals surface area contributed by atoms with Gasteiger partial charge in [0.2, 0.25) is 0 Å². The van der Waals surface area contributed by atoms with Gasteiger partial charge in [0.05, 0.1) is 26.7 Å². The molecule has 152 valence electrons. The first-order valence-electron chi connectivity index (χ1n) is 6.85. The third-order valence-corrected chi connectivity index (χ3v) is 5.04. The average molecular weight is 629 g/mol. The van der Waals surface area contributed by atoms with Gasteiger partial charge in [-0.1, -0.05) is 0 Å². The summed E-state index contributed by atoms with van der Waals surface area (Å²) in [5, 5.41) is 52.3. The van der Waals surface area contributed by atoms with Gasteiger partial charge < -0.3 is 19.8 Å². The molecule has 0 aliphatic carbocycles. The molecule has 0 radical (unpaired) electrons. The van der Waals surface area contributed by atoms with E-state index in [0.29, 0.717) is 3.57 Å². The van der Waals surface area contributed by atoms with Crippen molar-refractivity contribution >= 4 is 74.2 Å². The molecule has 0 saturated heterocycles. The second-order valence-corrected chi connectivity index (χ2v) is 7.08. The Hall–Kier alpha value is -2.96. The van der Waals surface area contributed by atoms with Gasteiger partial charge >= 0.3 is 0 Å². The normalized spacial score (nSPS) is 9.72. The van der Waals surface area contributed by atoms with Gasteiger partial charge in [0.1, 0.15) is 0 Å². The lowest BCUT2D eigenvalue weighted by molar-refractivity contribution is -0.396. The first kappa shape index (κ1) is 24.1. The van der Waals surface area contributed by atoms with Crippen molar-refractivity contribution in [2.75, 3.05) is 0 Å². The number of carboxylic acids is 2. The Morgan fingerprint density at radius 1 is 0.759 bits per heavy atom. The number of hydrogen-bond donors (Lipinski definition) is 0. The first-order chi connectivity index (χ1) is 13.4.